The Morgan fingerprint density at radius 2 is 1.59 bits per heavy atom. The highest BCUT2D eigenvalue weighted by molar-refractivity contribution is 5.84. The number of piperidine rings is 2. The Hall–Kier alpha value is -1.10. The van der Waals surface area contributed by atoms with Gasteiger partial charge in [-0.3, -0.25) is 9.59 Å². The Labute approximate surface area is 163 Å². The van der Waals surface area contributed by atoms with Gasteiger partial charge in [-0.2, -0.15) is 0 Å². The number of fused-ring (bicyclic) bond motifs is 5. The lowest BCUT2D eigenvalue weighted by atomic mass is 9.65. The third-order valence-corrected chi connectivity index (χ3v) is 7.42. The lowest BCUT2D eigenvalue weighted by molar-refractivity contribution is -0.178. The van der Waals surface area contributed by atoms with Crippen LogP contribution in [0.15, 0.2) is 0 Å². The van der Waals surface area contributed by atoms with Crippen molar-refractivity contribution in [2.24, 2.45) is 22.7 Å². The summed E-state index contributed by atoms with van der Waals surface area (Å²) in [6, 6.07) is 0.978. The molecule has 27 heavy (non-hydrogen) atoms. The van der Waals surface area contributed by atoms with Crippen molar-refractivity contribution in [2.45, 2.75) is 84.8 Å². The second-order valence-corrected chi connectivity index (χ2v) is 11.1. The number of carbonyl (C=O) groups is 2. The van der Waals surface area contributed by atoms with Gasteiger partial charge in [0.05, 0.1) is 25.3 Å². The number of carbonyl (C=O) groups excluding carboxylic acids is 2. The zero-order chi connectivity index (χ0) is 19.6. The van der Waals surface area contributed by atoms with Crippen LogP contribution in [0.5, 0.6) is 0 Å². The molecule has 152 valence electrons. The van der Waals surface area contributed by atoms with Gasteiger partial charge in [0, 0.05) is 23.4 Å². The van der Waals surface area contributed by atoms with E-state index in [4.69, 9.17) is 4.74 Å². The van der Waals surface area contributed by atoms with E-state index in [1.54, 1.807) is 0 Å². The molecule has 4 saturated heterocycles. The molecule has 0 N–H and O–H groups in total. The Morgan fingerprint density at radius 3 is 2.11 bits per heavy atom. The van der Waals surface area contributed by atoms with E-state index in [9.17, 15) is 9.59 Å². The number of hydrogen-bond donors (Lipinski definition) is 0. The van der Waals surface area contributed by atoms with Crippen molar-refractivity contribution in [3.05, 3.63) is 0 Å². The molecule has 2 amide bonds. The van der Waals surface area contributed by atoms with Crippen molar-refractivity contribution in [1.29, 1.82) is 0 Å². The molecule has 0 aromatic rings. The molecule has 5 heteroatoms. The first-order chi connectivity index (χ1) is 12.6. The van der Waals surface area contributed by atoms with Crippen LogP contribution in [-0.2, 0) is 14.3 Å². The molecule has 4 heterocycles. The average Bonchev–Trinajstić information content (AvgIpc) is 2.61. The molecule has 0 radical (unpaired) electrons. The minimum absolute atomic E-state index is 0.291. The van der Waals surface area contributed by atoms with Gasteiger partial charge in [0.15, 0.2) is 0 Å². The number of morpholine rings is 1. The zero-order valence-electron chi connectivity index (χ0n) is 17.7. The minimum atomic E-state index is -0.324. The highest BCUT2D eigenvalue weighted by Crippen LogP contribution is 2.46. The number of amides is 2. The van der Waals surface area contributed by atoms with E-state index in [2.05, 4.69) is 23.6 Å². The number of hydrogen-bond acceptors (Lipinski definition) is 3. The van der Waals surface area contributed by atoms with Crippen LogP contribution in [0.1, 0.15) is 66.7 Å². The fourth-order valence-electron chi connectivity index (χ4n) is 5.92. The van der Waals surface area contributed by atoms with Gasteiger partial charge >= 0.3 is 0 Å². The van der Waals surface area contributed by atoms with Crippen LogP contribution in [0.3, 0.4) is 0 Å². The molecule has 0 aromatic carbocycles. The minimum Gasteiger partial charge on any atom is -0.377 e. The molecule has 5 aliphatic rings. The summed E-state index contributed by atoms with van der Waals surface area (Å²) in [4.78, 5) is 30.3. The molecule has 0 spiro atoms. The van der Waals surface area contributed by atoms with Gasteiger partial charge in [0.2, 0.25) is 11.8 Å². The van der Waals surface area contributed by atoms with Crippen LogP contribution in [0.25, 0.3) is 0 Å². The van der Waals surface area contributed by atoms with Gasteiger partial charge in [-0.15, -0.1) is 0 Å². The lowest BCUT2D eigenvalue weighted by Gasteiger charge is -2.55. The van der Waals surface area contributed by atoms with Gasteiger partial charge in [0.1, 0.15) is 0 Å². The normalized spacial score (nSPS) is 35.8. The zero-order valence-corrected chi connectivity index (χ0v) is 17.7. The first kappa shape index (κ1) is 19.2. The van der Waals surface area contributed by atoms with E-state index in [1.807, 2.05) is 20.8 Å². The van der Waals surface area contributed by atoms with Gasteiger partial charge < -0.3 is 14.5 Å². The van der Waals surface area contributed by atoms with Crippen LogP contribution < -0.4 is 0 Å². The number of rotatable bonds is 3. The van der Waals surface area contributed by atoms with E-state index in [-0.39, 0.29) is 10.8 Å². The molecule has 5 nitrogen and oxygen atoms in total. The molecular formula is C22H36N2O3. The second-order valence-electron chi connectivity index (χ2n) is 11.1. The molecule has 5 atom stereocenters. The molecule has 4 aliphatic heterocycles. The predicted octanol–water partition coefficient (Wildman–Crippen LogP) is 3.08. The molecule has 5 fully saturated rings. The molecule has 0 aromatic heterocycles. The van der Waals surface area contributed by atoms with E-state index in [1.165, 1.54) is 6.42 Å². The van der Waals surface area contributed by atoms with Gasteiger partial charge in [-0.1, -0.05) is 34.6 Å². The highest BCUT2D eigenvalue weighted by atomic mass is 16.5. The first-order valence-corrected chi connectivity index (χ1v) is 10.8. The van der Waals surface area contributed by atoms with Crippen LogP contribution in [0, 0.1) is 22.7 Å². The molecule has 4 bridgehead atoms. The van der Waals surface area contributed by atoms with Gasteiger partial charge in [-0.05, 0) is 43.9 Å². The predicted molar refractivity (Wildman–Crippen MR) is 104 cm³/mol. The Bertz CT molecular complexity index is 610. The Balaban J connectivity index is 1.40. The number of nitrogens with zero attached hydrogens (tertiary/aromatic N) is 2. The van der Waals surface area contributed by atoms with Gasteiger partial charge in [0.25, 0.3) is 0 Å². The molecule has 5 rings (SSSR count). The van der Waals surface area contributed by atoms with Crippen molar-refractivity contribution in [2.75, 3.05) is 19.8 Å². The summed E-state index contributed by atoms with van der Waals surface area (Å²) in [6.45, 7) is 12.6. The standard InChI is InChI=1S/C22H36N2O3/c1-21(2,3)19(25)23-11-14-6-7-16(23)8-15(14)10-22(4,5)20(26)24-17-9-18(24)13-27-12-17/h14-18H,6-13H2,1-5H3. The van der Waals surface area contributed by atoms with Crippen molar-refractivity contribution < 1.29 is 14.3 Å². The number of ether oxygens (including phenoxy) is 1. The fraction of sp³-hybridized carbons (Fsp3) is 0.909. The van der Waals surface area contributed by atoms with E-state index >= 15 is 0 Å². The fourth-order valence-corrected chi connectivity index (χ4v) is 5.92. The summed E-state index contributed by atoms with van der Waals surface area (Å²) < 4.78 is 5.55. The van der Waals surface area contributed by atoms with E-state index in [0.717, 1.165) is 32.2 Å². The average molecular weight is 377 g/mol. The summed E-state index contributed by atoms with van der Waals surface area (Å²) in [5, 5.41) is 0. The topological polar surface area (TPSA) is 49.9 Å². The SMILES string of the molecule is CC(C)(C)C(=O)N1CC2CCC1CC2CC(C)(C)C(=O)N1C2COCC1C2. The third-order valence-electron chi connectivity index (χ3n) is 7.42. The summed E-state index contributed by atoms with van der Waals surface area (Å²) in [5.74, 6) is 1.71. The van der Waals surface area contributed by atoms with Crippen molar-refractivity contribution in [3.63, 3.8) is 0 Å². The van der Waals surface area contributed by atoms with E-state index < -0.39 is 0 Å². The van der Waals surface area contributed by atoms with Crippen molar-refractivity contribution >= 4 is 11.8 Å². The summed E-state index contributed by atoms with van der Waals surface area (Å²) >= 11 is 0. The molecule has 5 unspecified atom stereocenters. The Kier molecular flexibility index (Phi) is 4.60. The van der Waals surface area contributed by atoms with Crippen molar-refractivity contribution in [1.82, 2.24) is 9.80 Å². The largest absolute Gasteiger partial charge is 0.377 e. The summed E-state index contributed by atoms with van der Waals surface area (Å²) in [7, 11) is 0. The smallest absolute Gasteiger partial charge is 0.228 e. The van der Waals surface area contributed by atoms with Crippen LogP contribution in [0.2, 0.25) is 0 Å². The highest BCUT2D eigenvalue weighted by Gasteiger charge is 2.51. The van der Waals surface area contributed by atoms with E-state index in [0.29, 0.717) is 55.0 Å². The maximum absolute atomic E-state index is 13.3. The summed E-state index contributed by atoms with van der Waals surface area (Å²) in [6.07, 6.45) is 5.46. The quantitative estimate of drug-likeness (QED) is 0.761. The van der Waals surface area contributed by atoms with Crippen LogP contribution in [-0.4, -0.2) is 59.5 Å². The van der Waals surface area contributed by atoms with Gasteiger partial charge in [-0.25, -0.2) is 0 Å². The lowest BCUT2D eigenvalue weighted by Crippen LogP contribution is -2.67. The van der Waals surface area contributed by atoms with Crippen LogP contribution >= 0.6 is 0 Å². The molecule has 1 aliphatic carbocycles. The first-order valence-electron chi connectivity index (χ1n) is 10.8. The maximum atomic E-state index is 13.3. The van der Waals surface area contributed by atoms with Crippen LogP contribution in [0.4, 0.5) is 0 Å². The second kappa shape index (κ2) is 6.47. The van der Waals surface area contributed by atoms with Crippen molar-refractivity contribution in [3.8, 4) is 0 Å². The monoisotopic (exact) mass is 376 g/mol. The summed E-state index contributed by atoms with van der Waals surface area (Å²) in [5.41, 5.74) is -0.630. The third kappa shape index (κ3) is 3.30. The Morgan fingerprint density at radius 1 is 0.926 bits per heavy atom. The molecular weight excluding hydrogens is 340 g/mol. The maximum Gasteiger partial charge on any atom is 0.228 e. The molecule has 1 saturated carbocycles.